The maximum absolute atomic E-state index is 12.9. The molecule has 0 saturated carbocycles. The number of fused-ring (bicyclic) bond motifs is 1. The number of benzene rings is 2. The van der Waals surface area contributed by atoms with Crippen LogP contribution in [-0.2, 0) is 15.0 Å². The van der Waals surface area contributed by atoms with Gasteiger partial charge in [-0.25, -0.2) is 0 Å². The van der Waals surface area contributed by atoms with Gasteiger partial charge in [0.15, 0.2) is 0 Å². The number of ether oxygens (including phenoxy) is 1. The molecule has 1 atom stereocenters. The Balaban J connectivity index is 1.61. The van der Waals surface area contributed by atoms with Crippen LogP contribution in [0.5, 0.6) is 5.75 Å². The van der Waals surface area contributed by atoms with Gasteiger partial charge >= 0.3 is 0 Å². The third kappa shape index (κ3) is 4.78. The molecule has 0 spiro atoms. The van der Waals surface area contributed by atoms with E-state index in [1.807, 2.05) is 37.3 Å². The predicted molar refractivity (Wildman–Crippen MR) is 115 cm³/mol. The van der Waals surface area contributed by atoms with E-state index in [-0.39, 0.29) is 17.2 Å². The third-order valence-electron chi connectivity index (χ3n) is 5.16. The third-order valence-corrected chi connectivity index (χ3v) is 5.16. The van der Waals surface area contributed by atoms with Crippen LogP contribution in [0.4, 0.5) is 5.69 Å². The summed E-state index contributed by atoms with van der Waals surface area (Å²) in [6.45, 7) is 11.0. The van der Waals surface area contributed by atoms with Gasteiger partial charge < -0.3 is 15.0 Å². The Bertz CT molecular complexity index is 897. The lowest BCUT2D eigenvalue weighted by molar-refractivity contribution is -0.126. The molecule has 0 saturated heterocycles. The smallest absolute Gasteiger partial charge is 0.254 e. The average molecular weight is 395 g/mol. The van der Waals surface area contributed by atoms with Crippen LogP contribution in [0.1, 0.15) is 56.8 Å². The van der Waals surface area contributed by atoms with E-state index >= 15 is 0 Å². The molecule has 1 aliphatic rings. The summed E-state index contributed by atoms with van der Waals surface area (Å²) in [5.41, 5.74) is 4.18. The molecule has 2 amide bonds. The normalized spacial score (nSPS) is 16.0. The summed E-state index contributed by atoms with van der Waals surface area (Å²) in [6.07, 6.45) is 0.701. The van der Waals surface area contributed by atoms with E-state index in [4.69, 9.17) is 4.74 Å². The van der Waals surface area contributed by atoms with Crippen molar-refractivity contribution in [2.75, 3.05) is 18.1 Å². The maximum atomic E-state index is 12.9. The summed E-state index contributed by atoms with van der Waals surface area (Å²) >= 11 is 0. The molecule has 154 valence electrons. The van der Waals surface area contributed by atoms with Crippen LogP contribution >= 0.6 is 0 Å². The van der Waals surface area contributed by atoms with Crippen molar-refractivity contribution in [3.63, 3.8) is 0 Å². The molecule has 0 aromatic heterocycles. The number of amides is 2. The lowest BCUT2D eigenvalue weighted by Crippen LogP contribution is -2.37. The number of carbonyl (C=O) groups excluding carboxylic acids is 2. The van der Waals surface area contributed by atoms with E-state index in [2.05, 4.69) is 38.2 Å². The molecule has 0 bridgehead atoms. The first-order valence-electron chi connectivity index (χ1n) is 10.1. The molecule has 2 aromatic carbocycles. The second kappa shape index (κ2) is 8.27. The molecular weight excluding hydrogens is 364 g/mol. The molecule has 1 N–H and O–H groups in total. The van der Waals surface area contributed by atoms with Gasteiger partial charge in [0.25, 0.3) is 5.91 Å². The molecule has 0 fully saturated rings. The number of hydrogen-bond donors (Lipinski definition) is 1. The summed E-state index contributed by atoms with van der Waals surface area (Å²) in [5, 5.41) is 2.78. The summed E-state index contributed by atoms with van der Waals surface area (Å²) in [5.74, 6) is 0.535. The fraction of sp³-hybridized carbons (Fsp3) is 0.417. The Kier molecular flexibility index (Phi) is 5.96. The minimum absolute atomic E-state index is 0.0877. The Morgan fingerprint density at radius 2 is 1.83 bits per heavy atom. The molecular formula is C24H30N2O3. The van der Waals surface area contributed by atoms with Gasteiger partial charge in [-0.1, -0.05) is 50.6 Å². The van der Waals surface area contributed by atoms with Crippen LogP contribution in [0, 0.1) is 6.92 Å². The van der Waals surface area contributed by atoms with Crippen molar-refractivity contribution in [1.82, 2.24) is 5.32 Å². The summed E-state index contributed by atoms with van der Waals surface area (Å²) in [7, 11) is 0. The zero-order valence-corrected chi connectivity index (χ0v) is 17.9. The highest BCUT2D eigenvalue weighted by Gasteiger charge is 2.37. The topological polar surface area (TPSA) is 58.6 Å². The number of anilines is 1. The maximum Gasteiger partial charge on any atom is 0.254 e. The van der Waals surface area contributed by atoms with Crippen LogP contribution in [0.25, 0.3) is 0 Å². The first kappa shape index (κ1) is 20.9. The molecule has 3 rings (SSSR count). The molecule has 1 aliphatic heterocycles. The van der Waals surface area contributed by atoms with Crippen LogP contribution in [0.2, 0.25) is 0 Å². The van der Waals surface area contributed by atoms with Crippen LogP contribution < -0.4 is 15.0 Å². The zero-order valence-electron chi connectivity index (χ0n) is 17.9. The predicted octanol–water partition coefficient (Wildman–Crippen LogP) is 4.29. The van der Waals surface area contributed by atoms with Crippen molar-refractivity contribution < 1.29 is 14.3 Å². The fourth-order valence-corrected chi connectivity index (χ4v) is 3.60. The first-order chi connectivity index (χ1) is 13.7. The van der Waals surface area contributed by atoms with E-state index in [0.29, 0.717) is 19.6 Å². The number of nitrogens with one attached hydrogen (secondary N) is 1. The molecule has 5 nitrogen and oxygen atoms in total. The van der Waals surface area contributed by atoms with Gasteiger partial charge in [-0.05, 0) is 42.5 Å². The number of rotatable bonds is 6. The minimum atomic E-state index is -0.603. The Hall–Kier alpha value is -2.82. The van der Waals surface area contributed by atoms with Gasteiger partial charge in [-0.15, -0.1) is 0 Å². The zero-order chi connectivity index (χ0) is 21.2. The SMILES string of the molecule is CC(=O)NC1C(=O)N(CCCOc2ccc(C(C)(C)C)cc2)c2ccc(C)cc21. The van der Waals surface area contributed by atoms with E-state index in [1.54, 1.807) is 4.90 Å². The Labute approximate surface area is 173 Å². The largest absolute Gasteiger partial charge is 0.494 e. The van der Waals surface area contributed by atoms with Crippen molar-refractivity contribution in [2.45, 2.75) is 52.5 Å². The van der Waals surface area contributed by atoms with Crippen LogP contribution in [0.3, 0.4) is 0 Å². The fourth-order valence-electron chi connectivity index (χ4n) is 3.60. The van der Waals surface area contributed by atoms with Gasteiger partial charge in [0.05, 0.1) is 6.61 Å². The van der Waals surface area contributed by atoms with Gasteiger partial charge in [-0.3, -0.25) is 9.59 Å². The number of hydrogen-bond acceptors (Lipinski definition) is 3. The Morgan fingerprint density at radius 3 is 2.45 bits per heavy atom. The van der Waals surface area contributed by atoms with Crippen LogP contribution in [-0.4, -0.2) is 25.0 Å². The van der Waals surface area contributed by atoms with Gasteiger partial charge in [0.1, 0.15) is 11.8 Å². The summed E-state index contributed by atoms with van der Waals surface area (Å²) in [6, 6.07) is 13.5. The van der Waals surface area contributed by atoms with Gasteiger partial charge in [0, 0.05) is 24.7 Å². The molecule has 29 heavy (non-hydrogen) atoms. The minimum Gasteiger partial charge on any atom is -0.494 e. The highest BCUT2D eigenvalue weighted by atomic mass is 16.5. The molecule has 2 aromatic rings. The second-order valence-electron chi connectivity index (χ2n) is 8.66. The standard InChI is InChI=1S/C24H30N2O3/c1-16-7-12-21-20(15-16)22(25-17(2)27)23(28)26(21)13-6-14-29-19-10-8-18(9-11-19)24(3,4)5/h7-12,15,22H,6,13-14H2,1-5H3,(H,25,27). The number of aryl methyl sites for hydroxylation is 1. The highest BCUT2D eigenvalue weighted by molar-refractivity contribution is 6.06. The van der Waals surface area contributed by atoms with Crippen molar-refractivity contribution in [3.05, 3.63) is 59.2 Å². The molecule has 0 aliphatic carbocycles. The summed E-state index contributed by atoms with van der Waals surface area (Å²) in [4.78, 5) is 26.2. The van der Waals surface area contributed by atoms with Crippen LogP contribution in [0.15, 0.2) is 42.5 Å². The van der Waals surface area contributed by atoms with Gasteiger partial charge in [0.2, 0.25) is 5.91 Å². The molecule has 5 heteroatoms. The Morgan fingerprint density at radius 1 is 1.14 bits per heavy atom. The van der Waals surface area contributed by atoms with E-state index in [0.717, 1.165) is 22.6 Å². The molecule has 1 heterocycles. The average Bonchev–Trinajstić information content (AvgIpc) is 2.89. The summed E-state index contributed by atoms with van der Waals surface area (Å²) < 4.78 is 5.86. The van der Waals surface area contributed by atoms with Crippen molar-refractivity contribution in [2.24, 2.45) is 0 Å². The van der Waals surface area contributed by atoms with Crippen molar-refractivity contribution in [1.29, 1.82) is 0 Å². The lowest BCUT2D eigenvalue weighted by Gasteiger charge is -2.20. The lowest BCUT2D eigenvalue weighted by atomic mass is 9.87. The van der Waals surface area contributed by atoms with Crippen molar-refractivity contribution >= 4 is 17.5 Å². The van der Waals surface area contributed by atoms with E-state index in [9.17, 15) is 9.59 Å². The second-order valence-corrected chi connectivity index (χ2v) is 8.66. The van der Waals surface area contributed by atoms with E-state index < -0.39 is 6.04 Å². The van der Waals surface area contributed by atoms with Gasteiger partial charge in [-0.2, -0.15) is 0 Å². The number of nitrogens with zero attached hydrogens (tertiary/aromatic N) is 1. The van der Waals surface area contributed by atoms with E-state index in [1.165, 1.54) is 12.5 Å². The molecule has 0 radical (unpaired) electrons. The van der Waals surface area contributed by atoms with Crippen molar-refractivity contribution in [3.8, 4) is 5.75 Å². The first-order valence-corrected chi connectivity index (χ1v) is 10.1. The molecule has 1 unspecified atom stereocenters. The number of carbonyl (C=O) groups is 2. The monoisotopic (exact) mass is 394 g/mol. The quantitative estimate of drug-likeness (QED) is 0.744. The highest BCUT2D eigenvalue weighted by Crippen LogP contribution is 2.36.